The average molecular weight is 913 g/mol. The first-order valence-corrected chi connectivity index (χ1v) is 22.6. The van der Waals surface area contributed by atoms with Crippen molar-refractivity contribution in [3.8, 4) is 45.8 Å². The lowest BCUT2D eigenvalue weighted by molar-refractivity contribution is -0.128. The van der Waals surface area contributed by atoms with Gasteiger partial charge >= 0.3 is 0 Å². The van der Waals surface area contributed by atoms with E-state index in [0.29, 0.717) is 65.8 Å². The molecular formula is C48H64N8O6S2. The molecule has 5 aromatic rings. The summed E-state index contributed by atoms with van der Waals surface area (Å²) >= 11 is 8.45. The predicted octanol–water partition coefficient (Wildman–Crippen LogP) is 7.01. The van der Waals surface area contributed by atoms with E-state index in [9.17, 15) is 9.59 Å². The van der Waals surface area contributed by atoms with E-state index < -0.39 is 12.2 Å². The molecule has 0 saturated heterocycles. The number of carbonyl (C=O) groups is 2. The number of amides is 2. The largest absolute Gasteiger partial charge is 0.497 e. The Bertz CT molecular complexity index is 2160. The maximum Gasteiger partial charge on any atom is 0.261 e. The quantitative estimate of drug-likeness (QED) is 0.0313. The fourth-order valence-electron chi connectivity index (χ4n) is 6.03. The number of aromatic nitrogens is 2. The van der Waals surface area contributed by atoms with Gasteiger partial charge in [-0.15, -0.1) is 0 Å². The highest BCUT2D eigenvalue weighted by Gasteiger charge is 2.22. The lowest BCUT2D eigenvalue weighted by Crippen LogP contribution is -2.42. The highest BCUT2D eigenvalue weighted by Crippen LogP contribution is 2.30. The van der Waals surface area contributed by atoms with Crippen molar-refractivity contribution in [2.24, 2.45) is 11.5 Å². The van der Waals surface area contributed by atoms with Crippen LogP contribution in [-0.2, 0) is 16.1 Å². The second kappa shape index (κ2) is 26.8. The van der Waals surface area contributed by atoms with Gasteiger partial charge in [-0.25, -0.2) is 9.97 Å². The average Bonchev–Trinajstić information content (AvgIpc) is 3.34. The number of hydrogen-bond donors (Lipinski definition) is 8. The molecule has 0 radical (unpaired) electrons. The molecule has 0 aliphatic carbocycles. The van der Waals surface area contributed by atoms with Gasteiger partial charge in [-0.05, 0) is 68.7 Å². The van der Waals surface area contributed by atoms with Crippen molar-refractivity contribution in [2.45, 2.75) is 77.4 Å². The lowest BCUT2D eigenvalue weighted by atomic mass is 10.1. The molecule has 8 N–H and O–H groups in total. The second-order valence-electron chi connectivity index (χ2n) is 15.0. The maximum atomic E-state index is 12.8. The number of ether oxygens (including phenoxy) is 4. The van der Waals surface area contributed by atoms with Gasteiger partial charge in [0, 0.05) is 66.5 Å². The third-order valence-corrected chi connectivity index (χ3v) is 10.9. The Morgan fingerprint density at radius 1 is 0.641 bits per heavy atom. The van der Waals surface area contributed by atoms with E-state index in [1.165, 1.54) is 0 Å². The molecule has 4 atom stereocenters. The number of pyridine rings is 2. The standard InChI is InChI=1S/C26H32N4O4S.C22H32N4O2S/c1-17(25(31)29-14-18-11-21(32-2)13-22(12-18)33-3)34-26-24(28-15-20(27)16-35)10-9-23(30-26)19-7-5-4-6-8-19;1-4-18(5-2)25-21(27)15(3)28-22-20(24-13-17(23)14-29)12-11-19(26-22)16-9-7-6-8-10-16/h4-13,17,20,28,35H,14-16,27H2,1-3H3,(H,29,31);6-12,15,17-18,24,29H,4-5,13-14,23H2,1-3H3,(H,25,27). The Labute approximate surface area is 388 Å². The molecule has 64 heavy (non-hydrogen) atoms. The van der Waals surface area contributed by atoms with Gasteiger partial charge in [0.1, 0.15) is 11.5 Å². The van der Waals surface area contributed by atoms with Crippen LogP contribution in [0.25, 0.3) is 22.5 Å². The smallest absolute Gasteiger partial charge is 0.261 e. The van der Waals surface area contributed by atoms with Crippen LogP contribution in [-0.4, -0.2) is 90.9 Å². The molecule has 3 aromatic carbocycles. The number of nitrogens with two attached hydrogens (primary N) is 2. The Morgan fingerprint density at radius 3 is 1.48 bits per heavy atom. The van der Waals surface area contributed by atoms with Crippen molar-refractivity contribution < 1.29 is 28.5 Å². The van der Waals surface area contributed by atoms with E-state index in [4.69, 9.17) is 30.4 Å². The van der Waals surface area contributed by atoms with Gasteiger partial charge in [0.2, 0.25) is 11.8 Å². The van der Waals surface area contributed by atoms with Crippen molar-refractivity contribution in [3.63, 3.8) is 0 Å². The van der Waals surface area contributed by atoms with Gasteiger partial charge in [-0.2, -0.15) is 25.3 Å². The first-order valence-electron chi connectivity index (χ1n) is 21.4. The van der Waals surface area contributed by atoms with Crippen LogP contribution in [0.1, 0.15) is 46.1 Å². The first kappa shape index (κ1) is 51.0. The van der Waals surface area contributed by atoms with Crippen molar-refractivity contribution in [3.05, 3.63) is 109 Å². The zero-order chi connectivity index (χ0) is 46.4. The van der Waals surface area contributed by atoms with Gasteiger partial charge in [-0.3, -0.25) is 9.59 Å². The summed E-state index contributed by atoms with van der Waals surface area (Å²) in [6.45, 7) is 8.83. The Hall–Kier alpha value is -5.68. The van der Waals surface area contributed by atoms with E-state index >= 15 is 0 Å². The molecule has 5 rings (SSSR count). The number of anilines is 2. The molecule has 2 aromatic heterocycles. The van der Waals surface area contributed by atoms with Gasteiger partial charge < -0.3 is 51.7 Å². The molecule has 14 nitrogen and oxygen atoms in total. The van der Waals surface area contributed by atoms with Gasteiger partial charge in [0.05, 0.1) is 37.0 Å². The number of hydrogen-bond acceptors (Lipinski definition) is 14. The van der Waals surface area contributed by atoms with E-state index in [1.807, 2.05) is 97.1 Å². The minimum atomic E-state index is -0.792. The monoisotopic (exact) mass is 912 g/mol. The molecule has 0 aliphatic heterocycles. The highest BCUT2D eigenvalue weighted by molar-refractivity contribution is 7.80. The van der Waals surface area contributed by atoms with Gasteiger partial charge in [-0.1, -0.05) is 74.5 Å². The third-order valence-electron chi connectivity index (χ3n) is 9.96. The van der Waals surface area contributed by atoms with Crippen molar-refractivity contribution in [1.82, 2.24) is 20.6 Å². The van der Waals surface area contributed by atoms with Crippen LogP contribution in [0, 0.1) is 0 Å². The third kappa shape index (κ3) is 16.1. The number of nitrogens with one attached hydrogen (secondary N) is 4. The Morgan fingerprint density at radius 2 is 1.08 bits per heavy atom. The molecule has 344 valence electrons. The van der Waals surface area contributed by atoms with Crippen LogP contribution in [0.5, 0.6) is 23.3 Å². The van der Waals surface area contributed by atoms with Crippen LogP contribution < -0.4 is 51.7 Å². The second-order valence-corrected chi connectivity index (χ2v) is 15.7. The fourth-order valence-corrected chi connectivity index (χ4v) is 6.29. The van der Waals surface area contributed by atoms with Crippen LogP contribution in [0.4, 0.5) is 11.4 Å². The molecule has 0 saturated carbocycles. The molecule has 0 aliphatic rings. The summed E-state index contributed by atoms with van der Waals surface area (Å²) in [6, 6.07) is 32.6. The highest BCUT2D eigenvalue weighted by atomic mass is 32.1. The van der Waals surface area contributed by atoms with Gasteiger partial charge in [0.15, 0.2) is 12.2 Å². The SMILES string of the molecule is CCC(CC)NC(=O)C(C)Oc1nc(-c2ccccc2)ccc1NCC(N)CS.COc1cc(CNC(=O)C(C)Oc2nc(-c3ccccc3)ccc2NCC(N)CS)cc(OC)c1. The summed E-state index contributed by atoms with van der Waals surface area (Å²) in [5.74, 6) is 2.66. The zero-order valence-electron chi connectivity index (χ0n) is 37.5. The molecule has 16 heteroatoms. The fraction of sp³-hybridized carbons (Fsp3) is 0.375. The molecule has 0 bridgehead atoms. The summed E-state index contributed by atoms with van der Waals surface area (Å²) in [7, 11) is 3.16. The van der Waals surface area contributed by atoms with Gasteiger partial charge in [0.25, 0.3) is 11.8 Å². The van der Waals surface area contributed by atoms with Crippen molar-refractivity contribution in [2.75, 3.05) is 49.4 Å². The number of benzene rings is 3. The molecule has 4 unspecified atom stereocenters. The van der Waals surface area contributed by atoms with Crippen molar-refractivity contribution in [1.29, 1.82) is 0 Å². The summed E-state index contributed by atoms with van der Waals surface area (Å²) < 4.78 is 22.6. The van der Waals surface area contributed by atoms with Crippen LogP contribution >= 0.6 is 25.3 Å². The van der Waals surface area contributed by atoms with E-state index in [-0.39, 0.29) is 29.9 Å². The lowest BCUT2D eigenvalue weighted by Gasteiger charge is -2.21. The minimum Gasteiger partial charge on any atom is -0.497 e. The summed E-state index contributed by atoms with van der Waals surface area (Å²) in [5, 5.41) is 12.4. The maximum absolute atomic E-state index is 12.8. The summed E-state index contributed by atoms with van der Waals surface area (Å²) in [6.07, 6.45) is 0.296. The van der Waals surface area contributed by atoms with E-state index in [0.717, 1.165) is 40.9 Å². The van der Waals surface area contributed by atoms with Crippen LogP contribution in [0.15, 0.2) is 103 Å². The summed E-state index contributed by atoms with van der Waals surface area (Å²) in [5.41, 5.74) is 17.6. The molecule has 0 spiro atoms. The Kier molecular flexibility index (Phi) is 21.4. The molecule has 2 heterocycles. The zero-order valence-corrected chi connectivity index (χ0v) is 39.3. The van der Waals surface area contributed by atoms with Crippen molar-refractivity contribution >= 4 is 48.4 Å². The number of carbonyl (C=O) groups excluding carboxylic acids is 2. The molecule has 0 fully saturated rings. The number of methoxy groups -OCH3 is 2. The Balaban J connectivity index is 0.000000286. The number of nitrogens with zero attached hydrogens (tertiary/aromatic N) is 2. The predicted molar refractivity (Wildman–Crippen MR) is 264 cm³/mol. The normalized spacial score (nSPS) is 12.7. The topological polar surface area (TPSA) is 197 Å². The first-order chi connectivity index (χ1) is 30.9. The van der Waals surface area contributed by atoms with Crippen LogP contribution in [0.2, 0.25) is 0 Å². The van der Waals surface area contributed by atoms with E-state index in [2.05, 4.69) is 70.3 Å². The number of thiol groups is 2. The summed E-state index contributed by atoms with van der Waals surface area (Å²) in [4.78, 5) is 34.7. The number of rotatable bonds is 23. The molecule has 2 amide bonds. The van der Waals surface area contributed by atoms with E-state index in [1.54, 1.807) is 34.1 Å². The van der Waals surface area contributed by atoms with Crippen LogP contribution in [0.3, 0.4) is 0 Å². The minimum absolute atomic E-state index is 0.101. The molecular weight excluding hydrogens is 849 g/mol.